The molecule has 8 heteroatoms. The number of hydrogen-bond acceptors (Lipinski definition) is 3. The third-order valence-electron chi connectivity index (χ3n) is 3.22. The largest absolute Gasteiger partial charge is 0.391 e. The number of rotatable bonds is 4. The van der Waals surface area contributed by atoms with Crippen molar-refractivity contribution < 1.29 is 18.0 Å². The van der Waals surface area contributed by atoms with Crippen molar-refractivity contribution in [2.24, 2.45) is 11.7 Å². The van der Waals surface area contributed by atoms with Crippen LogP contribution in [0.5, 0.6) is 0 Å². The maximum atomic E-state index is 12.5. The van der Waals surface area contributed by atoms with Gasteiger partial charge in [-0.05, 0) is 31.3 Å². The number of amides is 1. The van der Waals surface area contributed by atoms with Crippen LogP contribution in [0.3, 0.4) is 0 Å². The molecule has 0 aromatic rings. The van der Waals surface area contributed by atoms with E-state index < -0.39 is 18.1 Å². The van der Waals surface area contributed by atoms with Crippen molar-refractivity contribution >= 4 is 30.1 Å². The fourth-order valence-electron chi connectivity index (χ4n) is 2.03. The van der Waals surface area contributed by atoms with Crippen molar-refractivity contribution in [3.8, 4) is 0 Å². The monoisotopic (exact) mass is 320 g/mol. The van der Waals surface area contributed by atoms with E-state index in [-0.39, 0.29) is 44.2 Å². The molecule has 1 saturated heterocycles. The van der Waals surface area contributed by atoms with Crippen molar-refractivity contribution in [3.63, 3.8) is 0 Å². The van der Waals surface area contributed by atoms with Gasteiger partial charge in [0, 0.05) is 13.1 Å². The van der Waals surface area contributed by atoms with Crippen LogP contribution in [0.2, 0.25) is 0 Å². The van der Waals surface area contributed by atoms with E-state index in [9.17, 15) is 18.0 Å². The molecule has 1 atom stereocenters. The highest BCUT2D eigenvalue weighted by Gasteiger charge is 2.42. The average molecular weight is 321 g/mol. The number of nitrogens with zero attached hydrogens (tertiary/aromatic N) is 1. The molecule has 3 nitrogen and oxygen atoms in total. The van der Waals surface area contributed by atoms with Crippen LogP contribution >= 0.6 is 24.2 Å². The molecular weight excluding hydrogens is 301 g/mol. The number of halogens is 4. The van der Waals surface area contributed by atoms with E-state index in [0.717, 1.165) is 5.75 Å². The second kappa shape index (κ2) is 8.21. The van der Waals surface area contributed by atoms with Gasteiger partial charge in [-0.1, -0.05) is 0 Å². The summed E-state index contributed by atoms with van der Waals surface area (Å²) in [5, 5.41) is 0. The quantitative estimate of drug-likeness (QED) is 0.864. The summed E-state index contributed by atoms with van der Waals surface area (Å²) in [6.45, 7) is 0.325. The lowest BCUT2D eigenvalue weighted by Crippen LogP contribution is -2.48. The van der Waals surface area contributed by atoms with Gasteiger partial charge in [0.05, 0.1) is 12.0 Å². The van der Waals surface area contributed by atoms with Gasteiger partial charge in [-0.3, -0.25) is 4.79 Å². The Balaban J connectivity index is 0.00000324. The molecule has 0 aliphatic carbocycles. The summed E-state index contributed by atoms with van der Waals surface area (Å²) in [5.74, 6) is -0.708. The van der Waals surface area contributed by atoms with E-state index in [2.05, 4.69) is 0 Å². The van der Waals surface area contributed by atoms with E-state index in [1.54, 1.807) is 11.8 Å². The lowest BCUT2D eigenvalue weighted by Gasteiger charge is -2.34. The summed E-state index contributed by atoms with van der Waals surface area (Å²) in [4.78, 5) is 13.3. The third kappa shape index (κ3) is 5.79. The first-order valence-corrected chi connectivity index (χ1v) is 7.35. The Morgan fingerprint density at radius 1 is 1.42 bits per heavy atom. The second-order valence-corrected chi connectivity index (χ2v) is 5.51. The summed E-state index contributed by atoms with van der Waals surface area (Å²) >= 11 is 1.60. The Morgan fingerprint density at radius 3 is 2.37 bits per heavy atom. The number of likely N-dealkylation sites (tertiary alicyclic amines) is 1. The number of piperidine rings is 1. The van der Waals surface area contributed by atoms with E-state index in [1.165, 1.54) is 4.90 Å². The van der Waals surface area contributed by atoms with Crippen LogP contribution in [0.15, 0.2) is 0 Å². The molecule has 0 bridgehead atoms. The molecule has 2 N–H and O–H groups in total. The molecule has 0 aromatic carbocycles. The Bertz CT molecular complexity index is 284. The molecular formula is C11H20ClF3N2OS. The molecule has 0 unspecified atom stereocenters. The van der Waals surface area contributed by atoms with Gasteiger partial charge in [0.1, 0.15) is 0 Å². The minimum atomic E-state index is -4.14. The highest BCUT2D eigenvalue weighted by Crippen LogP contribution is 2.34. The molecule has 1 fully saturated rings. The molecule has 1 heterocycles. The predicted molar refractivity (Wildman–Crippen MR) is 73.6 cm³/mol. The van der Waals surface area contributed by atoms with Crippen LogP contribution in [0, 0.1) is 5.92 Å². The normalized spacial score (nSPS) is 18.9. The average Bonchev–Trinajstić information content (AvgIpc) is 2.34. The molecule has 1 aliphatic heterocycles. The van der Waals surface area contributed by atoms with Gasteiger partial charge >= 0.3 is 6.18 Å². The van der Waals surface area contributed by atoms with Crippen molar-refractivity contribution in [1.82, 2.24) is 4.90 Å². The first kappa shape index (κ1) is 18.9. The van der Waals surface area contributed by atoms with Gasteiger partial charge in [0.15, 0.2) is 0 Å². The summed E-state index contributed by atoms with van der Waals surface area (Å²) in [6.07, 6.45) is -1.67. The molecule has 114 valence electrons. The van der Waals surface area contributed by atoms with E-state index in [4.69, 9.17) is 5.73 Å². The van der Waals surface area contributed by atoms with Crippen LogP contribution in [-0.2, 0) is 4.79 Å². The number of carbonyl (C=O) groups excluding carboxylic acids is 1. The van der Waals surface area contributed by atoms with E-state index >= 15 is 0 Å². The minimum absolute atomic E-state index is 0. The van der Waals surface area contributed by atoms with E-state index in [0.29, 0.717) is 6.42 Å². The lowest BCUT2D eigenvalue weighted by molar-refractivity contribution is -0.186. The zero-order valence-electron chi connectivity index (χ0n) is 10.8. The van der Waals surface area contributed by atoms with Crippen LogP contribution in [0.25, 0.3) is 0 Å². The second-order valence-electron chi connectivity index (χ2n) is 4.53. The molecule has 1 rings (SSSR count). The number of carbonyl (C=O) groups is 1. The van der Waals surface area contributed by atoms with Gasteiger partial charge in [-0.15, -0.1) is 12.4 Å². The molecule has 1 amide bonds. The molecule has 0 spiro atoms. The summed E-state index contributed by atoms with van der Waals surface area (Å²) in [6, 6.07) is -0.583. The van der Waals surface area contributed by atoms with Crippen LogP contribution in [-0.4, -0.2) is 48.1 Å². The van der Waals surface area contributed by atoms with Crippen LogP contribution < -0.4 is 5.73 Å². The summed E-state index contributed by atoms with van der Waals surface area (Å²) in [5.41, 5.74) is 5.73. The first-order chi connectivity index (χ1) is 8.36. The Labute approximate surface area is 121 Å². The van der Waals surface area contributed by atoms with Crippen LogP contribution in [0.4, 0.5) is 13.2 Å². The Morgan fingerprint density at radius 2 is 1.95 bits per heavy atom. The molecule has 0 aromatic heterocycles. The predicted octanol–water partition coefficient (Wildman–Crippen LogP) is 2.29. The standard InChI is InChI=1S/C11H19F3N2OS.ClH/c1-18-7-4-9(15)10(17)16-5-2-8(3-6-16)11(12,13)14;/h8-9H,2-7,15H2,1H3;1H/t9-;/m0./s1. The van der Waals surface area contributed by atoms with Gasteiger partial charge in [0.25, 0.3) is 0 Å². The zero-order valence-corrected chi connectivity index (χ0v) is 12.4. The van der Waals surface area contributed by atoms with E-state index in [1.807, 2.05) is 6.26 Å². The fourth-order valence-corrected chi connectivity index (χ4v) is 2.52. The van der Waals surface area contributed by atoms with Crippen LogP contribution in [0.1, 0.15) is 19.3 Å². The van der Waals surface area contributed by atoms with Crippen molar-refractivity contribution in [2.45, 2.75) is 31.5 Å². The maximum Gasteiger partial charge on any atom is 0.391 e. The lowest BCUT2D eigenvalue weighted by atomic mass is 9.96. The molecule has 1 aliphatic rings. The van der Waals surface area contributed by atoms with Gasteiger partial charge < -0.3 is 10.6 Å². The zero-order chi connectivity index (χ0) is 13.8. The summed E-state index contributed by atoms with van der Waals surface area (Å²) < 4.78 is 37.4. The molecule has 19 heavy (non-hydrogen) atoms. The highest BCUT2D eigenvalue weighted by atomic mass is 35.5. The first-order valence-electron chi connectivity index (χ1n) is 5.96. The third-order valence-corrected chi connectivity index (χ3v) is 3.86. The van der Waals surface area contributed by atoms with Gasteiger partial charge in [0.2, 0.25) is 5.91 Å². The number of nitrogens with two attached hydrogens (primary N) is 1. The van der Waals surface area contributed by atoms with Crippen molar-refractivity contribution in [1.29, 1.82) is 0 Å². The number of thioether (sulfide) groups is 1. The number of hydrogen-bond donors (Lipinski definition) is 1. The maximum absolute atomic E-state index is 12.5. The fraction of sp³-hybridized carbons (Fsp3) is 0.909. The van der Waals surface area contributed by atoms with Gasteiger partial charge in [-0.2, -0.15) is 24.9 Å². The SMILES string of the molecule is CSCC[C@H](N)C(=O)N1CCC(C(F)(F)F)CC1.Cl. The Hall–Kier alpha value is -0.140. The van der Waals surface area contributed by atoms with Crippen molar-refractivity contribution in [2.75, 3.05) is 25.1 Å². The minimum Gasteiger partial charge on any atom is -0.341 e. The van der Waals surface area contributed by atoms with Crippen molar-refractivity contribution in [3.05, 3.63) is 0 Å². The van der Waals surface area contributed by atoms with Gasteiger partial charge in [-0.25, -0.2) is 0 Å². The topological polar surface area (TPSA) is 46.3 Å². The highest BCUT2D eigenvalue weighted by molar-refractivity contribution is 7.98. The molecule has 0 radical (unpaired) electrons. The Kier molecular flexibility index (Phi) is 8.15. The number of alkyl halides is 3. The molecule has 0 saturated carbocycles. The smallest absolute Gasteiger partial charge is 0.341 e. The summed E-state index contributed by atoms with van der Waals surface area (Å²) in [7, 11) is 0.